The molecule has 1 saturated heterocycles. The number of β-lactam (4-membered cyclic amide) rings is 1. The molecule has 1 fully saturated rings. The normalized spacial score (nSPS) is 19.4. The summed E-state index contributed by atoms with van der Waals surface area (Å²) in [5.74, 6) is -0.348. The Hall–Kier alpha value is -1.38. The van der Waals surface area contributed by atoms with Crippen molar-refractivity contribution in [2.24, 2.45) is 5.41 Å². The van der Waals surface area contributed by atoms with E-state index in [9.17, 15) is 9.18 Å². The molecule has 1 amide bonds. The van der Waals surface area contributed by atoms with Gasteiger partial charge in [-0.15, -0.1) is 0 Å². The van der Waals surface area contributed by atoms with Crippen LogP contribution in [0.5, 0.6) is 0 Å². The van der Waals surface area contributed by atoms with Crippen molar-refractivity contribution in [1.29, 1.82) is 0 Å². The summed E-state index contributed by atoms with van der Waals surface area (Å²) in [7, 11) is 0. The Morgan fingerprint density at radius 3 is 2.50 bits per heavy atom. The summed E-state index contributed by atoms with van der Waals surface area (Å²) in [4.78, 5) is 13.1. The molecule has 0 aromatic heterocycles. The van der Waals surface area contributed by atoms with E-state index >= 15 is 0 Å². The zero-order valence-corrected chi connectivity index (χ0v) is 8.25. The Balaban J connectivity index is 2.28. The van der Waals surface area contributed by atoms with Gasteiger partial charge < -0.3 is 4.90 Å². The highest BCUT2D eigenvalue weighted by Gasteiger charge is 2.45. The van der Waals surface area contributed by atoms with E-state index in [2.05, 4.69) is 0 Å². The summed E-state index contributed by atoms with van der Waals surface area (Å²) in [6, 6.07) is 6.35. The number of carbonyl (C=O) groups is 1. The number of benzene rings is 1. The average molecular weight is 193 g/mol. The third kappa shape index (κ3) is 1.20. The van der Waals surface area contributed by atoms with Crippen LogP contribution < -0.4 is 4.90 Å². The molecule has 1 aliphatic heterocycles. The molecule has 0 atom stereocenters. The van der Waals surface area contributed by atoms with Crippen molar-refractivity contribution in [3.05, 3.63) is 30.1 Å². The number of carbonyl (C=O) groups excluding carboxylic acids is 1. The number of hydrogen-bond donors (Lipinski definition) is 0. The third-order valence-electron chi connectivity index (χ3n) is 2.52. The van der Waals surface area contributed by atoms with Gasteiger partial charge in [-0.2, -0.15) is 0 Å². The van der Waals surface area contributed by atoms with Crippen LogP contribution in [-0.2, 0) is 4.79 Å². The van der Waals surface area contributed by atoms with Crippen LogP contribution in [-0.4, -0.2) is 12.5 Å². The molecule has 1 aromatic carbocycles. The van der Waals surface area contributed by atoms with Crippen LogP contribution in [0.15, 0.2) is 24.3 Å². The highest BCUT2D eigenvalue weighted by atomic mass is 19.1. The minimum Gasteiger partial charge on any atom is -0.308 e. The molecule has 2 nitrogen and oxygen atoms in total. The Labute approximate surface area is 82.3 Å². The molecule has 2 rings (SSSR count). The minimum absolute atomic E-state index is 0.0115. The van der Waals surface area contributed by atoms with E-state index in [0.29, 0.717) is 12.2 Å². The van der Waals surface area contributed by atoms with Crippen LogP contribution in [0.4, 0.5) is 10.1 Å². The minimum atomic E-state index is -0.337. The van der Waals surface area contributed by atoms with Crippen molar-refractivity contribution in [3.8, 4) is 0 Å². The van der Waals surface area contributed by atoms with Crippen molar-refractivity contribution in [2.75, 3.05) is 11.4 Å². The SMILES string of the molecule is CC1(C)CN(c2ccccc2F)C1=O. The van der Waals surface area contributed by atoms with Crippen LogP contribution in [0.3, 0.4) is 0 Å². The van der Waals surface area contributed by atoms with Crippen LogP contribution in [0.2, 0.25) is 0 Å². The quantitative estimate of drug-likeness (QED) is 0.626. The molecule has 1 heterocycles. The van der Waals surface area contributed by atoms with Gasteiger partial charge in [0.15, 0.2) is 0 Å². The van der Waals surface area contributed by atoms with Crippen molar-refractivity contribution in [3.63, 3.8) is 0 Å². The Bertz CT molecular complexity index is 387. The molecular formula is C11H12FNO. The monoisotopic (exact) mass is 193 g/mol. The lowest BCUT2D eigenvalue weighted by Gasteiger charge is -2.44. The number of hydrogen-bond acceptors (Lipinski definition) is 1. The van der Waals surface area contributed by atoms with E-state index in [0.717, 1.165) is 0 Å². The number of amides is 1. The summed E-state index contributed by atoms with van der Waals surface area (Å²) in [6.45, 7) is 4.33. The highest BCUT2D eigenvalue weighted by molar-refractivity contribution is 6.03. The fraction of sp³-hybridized carbons (Fsp3) is 0.364. The van der Waals surface area contributed by atoms with Crippen molar-refractivity contribution < 1.29 is 9.18 Å². The molecule has 1 aromatic rings. The highest BCUT2D eigenvalue weighted by Crippen LogP contribution is 2.35. The Morgan fingerprint density at radius 1 is 1.36 bits per heavy atom. The second-order valence-electron chi connectivity index (χ2n) is 4.23. The van der Waals surface area contributed by atoms with Gasteiger partial charge in [0.1, 0.15) is 5.82 Å². The fourth-order valence-corrected chi connectivity index (χ4v) is 1.67. The summed E-state index contributed by atoms with van der Waals surface area (Å²) >= 11 is 0. The first-order valence-corrected chi connectivity index (χ1v) is 4.59. The number of halogens is 1. The first kappa shape index (κ1) is 9.19. The molecule has 0 bridgehead atoms. The first-order chi connectivity index (χ1) is 6.52. The van der Waals surface area contributed by atoms with Gasteiger partial charge in [-0.25, -0.2) is 4.39 Å². The molecule has 0 saturated carbocycles. The lowest BCUT2D eigenvalue weighted by atomic mass is 9.82. The van der Waals surface area contributed by atoms with Gasteiger partial charge in [-0.05, 0) is 26.0 Å². The second kappa shape index (κ2) is 2.80. The van der Waals surface area contributed by atoms with Crippen molar-refractivity contribution in [2.45, 2.75) is 13.8 Å². The van der Waals surface area contributed by atoms with E-state index in [-0.39, 0.29) is 17.1 Å². The predicted octanol–water partition coefficient (Wildman–Crippen LogP) is 2.20. The van der Waals surface area contributed by atoms with Crippen LogP contribution in [0.25, 0.3) is 0 Å². The molecule has 74 valence electrons. The summed E-state index contributed by atoms with van der Waals surface area (Å²) in [6.07, 6.45) is 0. The first-order valence-electron chi connectivity index (χ1n) is 4.59. The molecule has 0 aliphatic carbocycles. The van der Waals surface area contributed by atoms with E-state index in [4.69, 9.17) is 0 Å². The summed E-state index contributed by atoms with van der Waals surface area (Å²) in [5, 5.41) is 0. The molecule has 3 heteroatoms. The van der Waals surface area contributed by atoms with Gasteiger partial charge in [0, 0.05) is 6.54 Å². The largest absolute Gasteiger partial charge is 0.308 e. The van der Waals surface area contributed by atoms with Crippen LogP contribution >= 0.6 is 0 Å². The van der Waals surface area contributed by atoms with Gasteiger partial charge >= 0.3 is 0 Å². The fourth-order valence-electron chi connectivity index (χ4n) is 1.67. The maximum atomic E-state index is 13.3. The molecule has 14 heavy (non-hydrogen) atoms. The molecule has 0 unspecified atom stereocenters. The molecule has 0 radical (unpaired) electrons. The van der Waals surface area contributed by atoms with Crippen molar-refractivity contribution in [1.82, 2.24) is 0 Å². The van der Waals surface area contributed by atoms with Crippen LogP contribution in [0.1, 0.15) is 13.8 Å². The van der Waals surface area contributed by atoms with E-state index in [1.807, 2.05) is 13.8 Å². The molecular weight excluding hydrogens is 181 g/mol. The maximum Gasteiger partial charge on any atom is 0.234 e. The average Bonchev–Trinajstić information content (AvgIpc) is 2.15. The van der Waals surface area contributed by atoms with E-state index < -0.39 is 0 Å². The predicted molar refractivity (Wildman–Crippen MR) is 52.5 cm³/mol. The summed E-state index contributed by atoms with van der Waals surface area (Å²) < 4.78 is 13.3. The third-order valence-corrected chi connectivity index (χ3v) is 2.52. The topological polar surface area (TPSA) is 20.3 Å². The van der Waals surface area contributed by atoms with Gasteiger partial charge in [-0.3, -0.25) is 4.79 Å². The summed E-state index contributed by atoms with van der Waals surface area (Å²) in [5.41, 5.74) is 0.0549. The van der Waals surface area contributed by atoms with Gasteiger partial charge in [0.05, 0.1) is 11.1 Å². The zero-order valence-electron chi connectivity index (χ0n) is 8.25. The van der Waals surface area contributed by atoms with Gasteiger partial charge in [0.2, 0.25) is 5.91 Å². The Morgan fingerprint density at radius 2 is 2.00 bits per heavy atom. The smallest absolute Gasteiger partial charge is 0.234 e. The van der Waals surface area contributed by atoms with Crippen LogP contribution in [0, 0.1) is 11.2 Å². The molecule has 0 N–H and O–H groups in total. The molecule has 1 aliphatic rings. The number of nitrogens with zero attached hydrogens (tertiary/aromatic N) is 1. The lowest BCUT2D eigenvalue weighted by Crippen LogP contribution is -2.59. The van der Waals surface area contributed by atoms with E-state index in [1.165, 1.54) is 11.0 Å². The standard InChI is InChI=1S/C11H12FNO/c1-11(2)7-13(10(11)14)9-6-4-3-5-8(9)12/h3-6H,7H2,1-2H3. The number of rotatable bonds is 1. The number of para-hydroxylation sites is 1. The lowest BCUT2D eigenvalue weighted by molar-refractivity contribution is -0.132. The second-order valence-corrected chi connectivity index (χ2v) is 4.23. The molecule has 0 spiro atoms. The maximum absolute atomic E-state index is 13.3. The van der Waals surface area contributed by atoms with E-state index in [1.54, 1.807) is 18.2 Å². The zero-order chi connectivity index (χ0) is 10.3. The van der Waals surface area contributed by atoms with Crippen molar-refractivity contribution >= 4 is 11.6 Å². The van der Waals surface area contributed by atoms with Gasteiger partial charge in [-0.1, -0.05) is 12.1 Å². The Kier molecular flexibility index (Phi) is 1.84. The van der Waals surface area contributed by atoms with Gasteiger partial charge in [0.25, 0.3) is 0 Å². The number of anilines is 1.